The summed E-state index contributed by atoms with van der Waals surface area (Å²) in [6.07, 6.45) is 4.49. The Bertz CT molecular complexity index is 515. The highest BCUT2D eigenvalue weighted by Crippen LogP contribution is 2.23. The quantitative estimate of drug-likeness (QED) is 0.823. The molecule has 0 aliphatic rings. The largest absolute Gasteiger partial charge is 0.383 e. The van der Waals surface area contributed by atoms with Crippen LogP contribution in [0.25, 0.3) is 11.3 Å². The average molecular weight is 217 g/mol. The molecule has 0 aliphatic carbocycles. The number of rotatable bonds is 2. The van der Waals surface area contributed by atoms with Crippen molar-refractivity contribution in [2.24, 2.45) is 7.05 Å². The van der Waals surface area contributed by atoms with Gasteiger partial charge in [0.25, 0.3) is 0 Å². The van der Waals surface area contributed by atoms with E-state index in [0.29, 0.717) is 5.82 Å². The van der Waals surface area contributed by atoms with Crippen LogP contribution in [0.4, 0.5) is 5.82 Å². The van der Waals surface area contributed by atoms with Crippen LogP contribution in [-0.4, -0.2) is 19.7 Å². The van der Waals surface area contributed by atoms with Gasteiger partial charge in [-0.15, -0.1) is 0 Å². The minimum Gasteiger partial charge on any atom is -0.383 e. The lowest BCUT2D eigenvalue weighted by Crippen LogP contribution is -2.03. The molecule has 2 heterocycles. The van der Waals surface area contributed by atoms with E-state index in [4.69, 9.17) is 5.73 Å². The highest BCUT2D eigenvalue weighted by Gasteiger charge is 2.11. The van der Waals surface area contributed by atoms with Crippen LogP contribution in [0.5, 0.6) is 0 Å². The molecule has 0 atom stereocenters. The molecule has 0 saturated heterocycles. The minimum absolute atomic E-state index is 0.547. The van der Waals surface area contributed by atoms with Gasteiger partial charge in [-0.25, -0.2) is 9.97 Å². The summed E-state index contributed by atoms with van der Waals surface area (Å²) < 4.78 is 1.75. The number of nitrogens with two attached hydrogens (primary N) is 1. The molecule has 5 heteroatoms. The first-order valence-electron chi connectivity index (χ1n) is 5.23. The van der Waals surface area contributed by atoms with Crippen LogP contribution >= 0.6 is 0 Å². The molecule has 0 aromatic carbocycles. The summed E-state index contributed by atoms with van der Waals surface area (Å²) in [6, 6.07) is 0. The number of hydrogen-bond donors (Lipinski definition) is 1. The van der Waals surface area contributed by atoms with Gasteiger partial charge in [-0.3, -0.25) is 4.68 Å². The van der Waals surface area contributed by atoms with E-state index in [1.54, 1.807) is 10.9 Å². The van der Waals surface area contributed by atoms with Crippen LogP contribution in [0.1, 0.15) is 18.3 Å². The van der Waals surface area contributed by atoms with Crippen LogP contribution in [0, 0.1) is 6.92 Å². The van der Waals surface area contributed by atoms with E-state index in [1.165, 1.54) is 0 Å². The molecule has 0 aliphatic heterocycles. The van der Waals surface area contributed by atoms with E-state index in [1.807, 2.05) is 27.1 Å². The van der Waals surface area contributed by atoms with E-state index >= 15 is 0 Å². The highest BCUT2D eigenvalue weighted by molar-refractivity contribution is 5.65. The molecule has 0 fully saturated rings. The van der Waals surface area contributed by atoms with Gasteiger partial charge < -0.3 is 5.73 Å². The number of aryl methyl sites for hydroxylation is 2. The van der Waals surface area contributed by atoms with Crippen LogP contribution in [-0.2, 0) is 13.5 Å². The molecule has 16 heavy (non-hydrogen) atoms. The summed E-state index contributed by atoms with van der Waals surface area (Å²) >= 11 is 0. The predicted molar refractivity (Wildman–Crippen MR) is 62.8 cm³/mol. The second-order valence-electron chi connectivity index (χ2n) is 3.75. The summed E-state index contributed by atoms with van der Waals surface area (Å²) in [5.41, 5.74) is 8.62. The maximum atomic E-state index is 5.86. The Balaban J connectivity index is 2.59. The summed E-state index contributed by atoms with van der Waals surface area (Å²) in [4.78, 5) is 8.71. The lowest BCUT2D eigenvalue weighted by molar-refractivity contribution is 0.768. The lowest BCUT2D eigenvalue weighted by Gasteiger charge is -2.07. The second-order valence-corrected chi connectivity index (χ2v) is 3.75. The Labute approximate surface area is 94.3 Å². The molecule has 2 aromatic heterocycles. The molecule has 2 rings (SSSR count). The third-order valence-corrected chi connectivity index (χ3v) is 2.52. The molecule has 0 bridgehead atoms. The summed E-state index contributed by atoms with van der Waals surface area (Å²) in [5, 5.41) is 4.13. The molecule has 0 amide bonds. The number of nitrogen functional groups attached to an aromatic ring is 1. The maximum absolute atomic E-state index is 5.86. The summed E-state index contributed by atoms with van der Waals surface area (Å²) in [6.45, 7) is 3.94. The monoisotopic (exact) mass is 217 g/mol. The van der Waals surface area contributed by atoms with Gasteiger partial charge in [0.15, 0.2) is 0 Å². The fraction of sp³-hybridized carbons (Fsp3) is 0.364. The SMILES string of the molecule is CCc1nc(N)c(C)c(-c2cnn(C)c2)n1. The van der Waals surface area contributed by atoms with Crippen molar-refractivity contribution in [3.63, 3.8) is 0 Å². The zero-order valence-electron chi connectivity index (χ0n) is 9.73. The van der Waals surface area contributed by atoms with Crippen LogP contribution in [0.3, 0.4) is 0 Å². The van der Waals surface area contributed by atoms with Crippen LogP contribution in [0.15, 0.2) is 12.4 Å². The summed E-state index contributed by atoms with van der Waals surface area (Å²) in [7, 11) is 1.88. The van der Waals surface area contributed by atoms with E-state index in [-0.39, 0.29) is 0 Å². The molecule has 0 spiro atoms. The van der Waals surface area contributed by atoms with Crippen molar-refractivity contribution < 1.29 is 0 Å². The van der Waals surface area contributed by atoms with Crippen molar-refractivity contribution in [1.82, 2.24) is 19.7 Å². The van der Waals surface area contributed by atoms with Crippen molar-refractivity contribution >= 4 is 5.82 Å². The zero-order chi connectivity index (χ0) is 11.7. The van der Waals surface area contributed by atoms with Crippen LogP contribution < -0.4 is 5.73 Å². The van der Waals surface area contributed by atoms with E-state index in [0.717, 1.165) is 29.1 Å². The second kappa shape index (κ2) is 3.92. The average Bonchev–Trinajstić information content (AvgIpc) is 2.68. The standard InChI is InChI=1S/C11H15N5/c1-4-9-14-10(7(2)11(12)15-9)8-5-13-16(3)6-8/h5-6H,4H2,1-3H3,(H2,12,14,15). The zero-order valence-corrected chi connectivity index (χ0v) is 9.73. The molecular weight excluding hydrogens is 202 g/mol. The molecule has 0 saturated carbocycles. The van der Waals surface area contributed by atoms with E-state index in [9.17, 15) is 0 Å². The molecule has 2 N–H and O–H groups in total. The number of anilines is 1. The van der Waals surface area contributed by atoms with Gasteiger partial charge in [0.2, 0.25) is 0 Å². The predicted octanol–water partition coefficient (Wildman–Crippen LogP) is 1.33. The minimum atomic E-state index is 0.547. The normalized spacial score (nSPS) is 10.7. The number of hydrogen-bond acceptors (Lipinski definition) is 4. The third kappa shape index (κ3) is 1.76. The first-order valence-corrected chi connectivity index (χ1v) is 5.23. The van der Waals surface area contributed by atoms with Crippen molar-refractivity contribution in [3.8, 4) is 11.3 Å². The first-order chi connectivity index (χ1) is 7.61. The highest BCUT2D eigenvalue weighted by atomic mass is 15.2. The van der Waals surface area contributed by atoms with Gasteiger partial charge in [0.1, 0.15) is 11.6 Å². The van der Waals surface area contributed by atoms with Gasteiger partial charge in [0, 0.05) is 30.8 Å². The van der Waals surface area contributed by atoms with E-state index in [2.05, 4.69) is 15.1 Å². The molecule has 5 nitrogen and oxygen atoms in total. The van der Waals surface area contributed by atoms with Gasteiger partial charge in [-0.1, -0.05) is 6.92 Å². The van der Waals surface area contributed by atoms with Gasteiger partial charge in [0.05, 0.1) is 11.9 Å². The third-order valence-electron chi connectivity index (χ3n) is 2.52. The maximum Gasteiger partial charge on any atom is 0.131 e. The first kappa shape index (κ1) is 10.6. The van der Waals surface area contributed by atoms with Crippen molar-refractivity contribution in [2.75, 3.05) is 5.73 Å². The molecule has 2 aromatic rings. The molecule has 0 unspecified atom stereocenters. The Kier molecular flexibility index (Phi) is 2.60. The van der Waals surface area contributed by atoms with E-state index < -0.39 is 0 Å². The Morgan fingerprint density at radius 1 is 1.38 bits per heavy atom. The van der Waals surface area contributed by atoms with Crippen molar-refractivity contribution in [2.45, 2.75) is 20.3 Å². The molecular formula is C11H15N5. The topological polar surface area (TPSA) is 69.6 Å². The van der Waals surface area contributed by atoms with Gasteiger partial charge >= 0.3 is 0 Å². The Morgan fingerprint density at radius 3 is 2.69 bits per heavy atom. The smallest absolute Gasteiger partial charge is 0.131 e. The van der Waals surface area contributed by atoms with Crippen LogP contribution in [0.2, 0.25) is 0 Å². The van der Waals surface area contributed by atoms with Crippen molar-refractivity contribution in [3.05, 3.63) is 23.8 Å². The number of aromatic nitrogens is 4. The van der Waals surface area contributed by atoms with Gasteiger partial charge in [-0.05, 0) is 6.92 Å². The fourth-order valence-electron chi connectivity index (χ4n) is 1.56. The number of nitrogens with zero attached hydrogens (tertiary/aromatic N) is 4. The van der Waals surface area contributed by atoms with Crippen molar-refractivity contribution in [1.29, 1.82) is 0 Å². The van der Waals surface area contributed by atoms with Gasteiger partial charge in [-0.2, -0.15) is 5.10 Å². The fourth-order valence-corrected chi connectivity index (χ4v) is 1.56. The molecule has 0 radical (unpaired) electrons. The molecule has 84 valence electrons. The Hall–Kier alpha value is -1.91. The Morgan fingerprint density at radius 2 is 2.12 bits per heavy atom. The summed E-state index contributed by atoms with van der Waals surface area (Å²) in [5.74, 6) is 1.31. The lowest BCUT2D eigenvalue weighted by atomic mass is 10.1.